The number of carbonyl (C=O) groups is 1. The molecule has 1 fully saturated rings. The van der Waals surface area contributed by atoms with Gasteiger partial charge in [0.1, 0.15) is 17.3 Å². The van der Waals surface area contributed by atoms with Gasteiger partial charge in [0, 0.05) is 33.2 Å². The number of hydrogen-bond donors (Lipinski definition) is 0. The van der Waals surface area contributed by atoms with Crippen LogP contribution in [0.4, 0.5) is 4.39 Å². The molecule has 1 amide bonds. The number of ether oxygens (including phenoxy) is 2. The standard InChI is InChI=1S/C26H30FN3O3/c1-19-15-25(29(2)28-19)26(31)30(18-23-10-6-13-32-23)17-20-7-5-9-22(16-20)33-14-12-21-8-3-4-11-24(21)27/h3-5,7-9,11,15-16,23H,6,10,12-14,17-18H2,1-2H3. The molecule has 2 aromatic carbocycles. The summed E-state index contributed by atoms with van der Waals surface area (Å²) in [6.45, 7) is 3.96. The zero-order chi connectivity index (χ0) is 23.2. The second-order valence-corrected chi connectivity index (χ2v) is 8.45. The van der Waals surface area contributed by atoms with Crippen molar-refractivity contribution in [1.82, 2.24) is 14.7 Å². The quantitative estimate of drug-likeness (QED) is 0.487. The van der Waals surface area contributed by atoms with Crippen LogP contribution in [0.2, 0.25) is 0 Å². The lowest BCUT2D eigenvalue weighted by atomic mass is 10.1. The number of rotatable bonds is 9. The smallest absolute Gasteiger partial charge is 0.272 e. The number of aromatic nitrogens is 2. The minimum absolute atomic E-state index is 0.0449. The molecule has 4 rings (SSSR count). The molecule has 7 heteroatoms. The topological polar surface area (TPSA) is 56.6 Å². The Kier molecular flexibility index (Phi) is 7.40. The van der Waals surface area contributed by atoms with Crippen LogP contribution in [0.5, 0.6) is 5.75 Å². The molecule has 174 valence electrons. The molecule has 0 radical (unpaired) electrons. The Morgan fingerprint density at radius 3 is 2.82 bits per heavy atom. The summed E-state index contributed by atoms with van der Waals surface area (Å²) in [5.41, 5.74) is 2.96. The van der Waals surface area contributed by atoms with E-state index in [-0.39, 0.29) is 17.8 Å². The Bertz CT molecular complexity index is 1090. The largest absolute Gasteiger partial charge is 0.493 e. The highest BCUT2D eigenvalue weighted by Gasteiger charge is 2.25. The zero-order valence-corrected chi connectivity index (χ0v) is 19.2. The highest BCUT2D eigenvalue weighted by molar-refractivity contribution is 5.92. The fourth-order valence-electron chi connectivity index (χ4n) is 4.16. The number of halogens is 1. The lowest BCUT2D eigenvalue weighted by Gasteiger charge is -2.26. The molecule has 0 spiro atoms. The van der Waals surface area contributed by atoms with Gasteiger partial charge in [-0.05, 0) is 55.2 Å². The van der Waals surface area contributed by atoms with Crippen molar-refractivity contribution in [2.45, 2.75) is 38.8 Å². The van der Waals surface area contributed by atoms with Gasteiger partial charge in [-0.2, -0.15) is 5.10 Å². The number of amides is 1. The first-order valence-electron chi connectivity index (χ1n) is 11.4. The third-order valence-corrected chi connectivity index (χ3v) is 5.83. The van der Waals surface area contributed by atoms with Crippen molar-refractivity contribution in [1.29, 1.82) is 0 Å². The summed E-state index contributed by atoms with van der Waals surface area (Å²) < 4.78 is 27.1. The summed E-state index contributed by atoms with van der Waals surface area (Å²) in [5, 5.41) is 4.32. The van der Waals surface area contributed by atoms with E-state index in [1.165, 1.54) is 6.07 Å². The molecular weight excluding hydrogens is 421 g/mol. The van der Waals surface area contributed by atoms with Gasteiger partial charge in [-0.15, -0.1) is 0 Å². The second-order valence-electron chi connectivity index (χ2n) is 8.45. The van der Waals surface area contributed by atoms with Gasteiger partial charge >= 0.3 is 0 Å². The van der Waals surface area contributed by atoms with Gasteiger partial charge in [-0.25, -0.2) is 4.39 Å². The molecule has 0 aliphatic carbocycles. The van der Waals surface area contributed by atoms with Crippen molar-refractivity contribution in [3.8, 4) is 5.75 Å². The molecule has 1 saturated heterocycles. The molecule has 6 nitrogen and oxygen atoms in total. The van der Waals surface area contributed by atoms with Gasteiger partial charge in [0.25, 0.3) is 5.91 Å². The number of aryl methyl sites for hydroxylation is 2. The number of carbonyl (C=O) groups excluding carboxylic acids is 1. The van der Waals surface area contributed by atoms with Gasteiger partial charge in [0.15, 0.2) is 0 Å². The van der Waals surface area contributed by atoms with Crippen LogP contribution >= 0.6 is 0 Å². The van der Waals surface area contributed by atoms with E-state index >= 15 is 0 Å². The van der Waals surface area contributed by atoms with Gasteiger partial charge in [0.05, 0.1) is 18.4 Å². The van der Waals surface area contributed by atoms with Gasteiger partial charge in [0.2, 0.25) is 0 Å². The number of hydrogen-bond acceptors (Lipinski definition) is 4. The molecule has 0 N–H and O–H groups in total. The summed E-state index contributed by atoms with van der Waals surface area (Å²) in [6.07, 6.45) is 2.50. The van der Waals surface area contributed by atoms with Crippen molar-refractivity contribution >= 4 is 5.91 Å². The molecule has 1 aliphatic heterocycles. The van der Waals surface area contributed by atoms with Crippen molar-refractivity contribution in [3.05, 3.63) is 82.9 Å². The third kappa shape index (κ3) is 5.99. The first-order valence-corrected chi connectivity index (χ1v) is 11.4. The molecule has 2 heterocycles. The molecule has 33 heavy (non-hydrogen) atoms. The van der Waals surface area contributed by atoms with Crippen molar-refractivity contribution < 1.29 is 18.7 Å². The first-order chi connectivity index (χ1) is 16.0. The molecule has 3 aromatic rings. The minimum atomic E-state index is -0.219. The lowest BCUT2D eigenvalue weighted by Crippen LogP contribution is -2.37. The fourth-order valence-corrected chi connectivity index (χ4v) is 4.16. The summed E-state index contributed by atoms with van der Waals surface area (Å²) in [7, 11) is 1.79. The van der Waals surface area contributed by atoms with Crippen molar-refractivity contribution in [2.75, 3.05) is 19.8 Å². The summed E-state index contributed by atoms with van der Waals surface area (Å²) in [4.78, 5) is 15.2. The van der Waals surface area contributed by atoms with Crippen LogP contribution in [0.25, 0.3) is 0 Å². The van der Waals surface area contributed by atoms with E-state index in [0.717, 1.165) is 30.7 Å². The Labute approximate surface area is 193 Å². The highest BCUT2D eigenvalue weighted by Crippen LogP contribution is 2.20. The molecule has 1 aromatic heterocycles. The normalized spacial score (nSPS) is 15.5. The maximum Gasteiger partial charge on any atom is 0.272 e. The van der Waals surface area contributed by atoms with Gasteiger partial charge in [-0.3, -0.25) is 9.48 Å². The van der Waals surface area contributed by atoms with Crippen molar-refractivity contribution in [2.24, 2.45) is 7.05 Å². The molecular formula is C26H30FN3O3. The van der Waals surface area contributed by atoms with Crippen LogP contribution in [0.15, 0.2) is 54.6 Å². The van der Waals surface area contributed by atoms with Crippen molar-refractivity contribution in [3.63, 3.8) is 0 Å². The molecule has 1 atom stereocenters. The number of nitrogens with zero attached hydrogens (tertiary/aromatic N) is 3. The predicted molar refractivity (Wildman–Crippen MR) is 124 cm³/mol. The van der Waals surface area contributed by atoms with Gasteiger partial charge in [-0.1, -0.05) is 30.3 Å². The number of benzene rings is 2. The van der Waals surface area contributed by atoms with E-state index in [4.69, 9.17) is 9.47 Å². The minimum Gasteiger partial charge on any atom is -0.493 e. The zero-order valence-electron chi connectivity index (χ0n) is 19.2. The van der Waals surface area contributed by atoms with E-state index in [1.807, 2.05) is 48.2 Å². The van der Waals surface area contributed by atoms with Crippen LogP contribution in [0, 0.1) is 12.7 Å². The SMILES string of the molecule is Cc1cc(C(=O)N(Cc2cccc(OCCc3ccccc3F)c2)CC2CCCO2)n(C)n1. The van der Waals surface area contributed by atoms with Gasteiger partial charge < -0.3 is 14.4 Å². The molecule has 1 unspecified atom stereocenters. The Morgan fingerprint density at radius 2 is 2.09 bits per heavy atom. The maximum atomic E-state index is 13.8. The molecule has 0 bridgehead atoms. The Morgan fingerprint density at radius 1 is 1.24 bits per heavy atom. The summed E-state index contributed by atoms with van der Waals surface area (Å²) >= 11 is 0. The fraction of sp³-hybridized carbons (Fsp3) is 0.385. The highest BCUT2D eigenvalue weighted by atomic mass is 19.1. The summed E-state index contributed by atoms with van der Waals surface area (Å²) in [6, 6.07) is 16.2. The summed E-state index contributed by atoms with van der Waals surface area (Å²) in [5.74, 6) is 0.410. The van der Waals surface area contributed by atoms with Crippen LogP contribution in [0.3, 0.4) is 0 Å². The monoisotopic (exact) mass is 451 g/mol. The maximum absolute atomic E-state index is 13.8. The average Bonchev–Trinajstić information content (AvgIpc) is 3.43. The molecule has 1 aliphatic rings. The van der Waals surface area contributed by atoms with E-state index in [2.05, 4.69) is 5.10 Å². The Balaban J connectivity index is 1.44. The lowest BCUT2D eigenvalue weighted by molar-refractivity contribution is 0.0499. The third-order valence-electron chi connectivity index (χ3n) is 5.83. The Hall–Kier alpha value is -3.19. The van der Waals surface area contributed by atoms with Crippen LogP contribution in [0.1, 0.15) is 40.2 Å². The van der Waals surface area contributed by atoms with E-state index in [9.17, 15) is 9.18 Å². The second kappa shape index (κ2) is 10.6. The molecule has 0 saturated carbocycles. The van der Waals surface area contributed by atoms with Crippen LogP contribution in [-0.2, 0) is 24.8 Å². The van der Waals surface area contributed by atoms with Crippen LogP contribution in [-0.4, -0.2) is 46.5 Å². The van der Waals surface area contributed by atoms with Crippen LogP contribution < -0.4 is 4.74 Å². The van der Waals surface area contributed by atoms with E-state index in [1.54, 1.807) is 23.9 Å². The first kappa shape index (κ1) is 23.0. The predicted octanol–water partition coefficient (Wildman–Crippen LogP) is 4.31. The average molecular weight is 452 g/mol. The van der Waals surface area contributed by atoms with E-state index in [0.29, 0.717) is 43.1 Å². The van der Waals surface area contributed by atoms with E-state index < -0.39 is 0 Å².